The van der Waals surface area contributed by atoms with Crippen LogP contribution in [0.25, 0.3) is 22.7 Å². The minimum atomic E-state index is -0.140. The molecule has 5 rings (SSSR count). The molecule has 8 nitrogen and oxygen atoms in total. The summed E-state index contributed by atoms with van der Waals surface area (Å²) in [5.41, 5.74) is 3.22. The lowest BCUT2D eigenvalue weighted by molar-refractivity contribution is -0.119. The van der Waals surface area contributed by atoms with Gasteiger partial charge in [-0.15, -0.1) is 5.10 Å². The number of rotatable bonds is 10. The van der Waals surface area contributed by atoms with Crippen molar-refractivity contribution in [3.63, 3.8) is 0 Å². The lowest BCUT2D eigenvalue weighted by Gasteiger charge is -2.12. The molecule has 0 unspecified atom stereocenters. The van der Waals surface area contributed by atoms with Gasteiger partial charge >= 0.3 is 0 Å². The second-order valence-corrected chi connectivity index (χ2v) is 8.83. The van der Waals surface area contributed by atoms with Gasteiger partial charge in [0.15, 0.2) is 5.58 Å². The third-order valence-corrected chi connectivity index (χ3v) is 5.62. The Kier molecular flexibility index (Phi) is 6.20. The molecule has 0 bridgehead atoms. The van der Waals surface area contributed by atoms with Crippen molar-refractivity contribution < 1.29 is 20.1 Å². The second kappa shape index (κ2) is 9.59. The maximum Gasteiger partial charge on any atom is 0.246 e. The van der Waals surface area contributed by atoms with Gasteiger partial charge in [0.1, 0.15) is 23.6 Å². The highest BCUT2D eigenvalue weighted by atomic mass is 16.5. The average molecular weight is 463 g/mol. The number of oxazole rings is 1. The Bertz CT molecular complexity index is 1280. The molecule has 178 valence electrons. The van der Waals surface area contributed by atoms with Crippen LogP contribution in [0.5, 0.6) is 11.6 Å². The predicted octanol–water partition coefficient (Wildman–Crippen LogP) is 4.68. The van der Waals surface area contributed by atoms with Crippen molar-refractivity contribution in [1.29, 1.82) is 0 Å². The first-order valence-corrected chi connectivity index (χ1v) is 11.6. The van der Waals surface area contributed by atoms with Crippen molar-refractivity contribution in [1.82, 2.24) is 20.1 Å². The van der Waals surface area contributed by atoms with E-state index in [1.807, 2.05) is 66.2 Å². The fourth-order valence-electron chi connectivity index (χ4n) is 3.72. The van der Waals surface area contributed by atoms with Gasteiger partial charge in [-0.1, -0.05) is 30.3 Å². The van der Waals surface area contributed by atoms with E-state index in [1.165, 1.54) is 19.8 Å². The highest BCUT2D eigenvalue weighted by Gasteiger charge is 2.22. The number of nitrogens with zero attached hydrogens (tertiary/aromatic N) is 3. The van der Waals surface area contributed by atoms with E-state index in [0.29, 0.717) is 42.1 Å². The van der Waals surface area contributed by atoms with Gasteiger partial charge in [-0.25, -0.2) is 4.98 Å². The van der Waals surface area contributed by atoms with E-state index in [1.54, 1.807) is 0 Å². The molecule has 0 aliphatic heterocycles. The van der Waals surface area contributed by atoms with Crippen LogP contribution in [-0.2, 0) is 11.3 Å². The average Bonchev–Trinajstić information content (AvgIpc) is 3.42. The van der Waals surface area contributed by atoms with Crippen molar-refractivity contribution in [2.24, 2.45) is 5.92 Å². The molecule has 0 radical (unpaired) electrons. The zero-order valence-electron chi connectivity index (χ0n) is 19.4. The third-order valence-electron chi connectivity index (χ3n) is 5.62. The fraction of sp³-hybridized carbons (Fsp3) is 0.346. The summed E-state index contributed by atoms with van der Waals surface area (Å²) in [6.45, 7) is 4.95. The predicted molar refractivity (Wildman–Crippen MR) is 130 cm³/mol. The lowest BCUT2D eigenvalue weighted by atomic mass is 10.2. The van der Waals surface area contributed by atoms with Crippen molar-refractivity contribution in [3.05, 3.63) is 60.2 Å². The fourth-order valence-corrected chi connectivity index (χ4v) is 3.72. The summed E-state index contributed by atoms with van der Waals surface area (Å²) in [6.07, 6.45) is 2.49. The Balaban J connectivity index is 0.00000289. The second-order valence-electron chi connectivity index (χ2n) is 8.83. The van der Waals surface area contributed by atoms with Crippen LogP contribution in [0.1, 0.15) is 33.7 Å². The molecule has 34 heavy (non-hydrogen) atoms. The molecule has 8 heteroatoms. The molecule has 2 heterocycles. The van der Waals surface area contributed by atoms with Crippen molar-refractivity contribution in [2.45, 2.75) is 39.3 Å². The number of carbonyl (C=O) groups is 1. The van der Waals surface area contributed by atoms with E-state index in [0.717, 1.165) is 23.4 Å². The first-order valence-electron chi connectivity index (χ1n) is 11.6. The number of hydrogen-bond acceptors (Lipinski definition) is 6. The SMILES string of the molecule is CC(=O)N[C@@H](C)COc1cc(-c2nc3cc(OCC4CC4)ccc3o2)n(Cc2ccccc2)n1.[HH]. The number of amides is 1. The molecule has 1 N–H and O–H groups in total. The van der Waals surface area contributed by atoms with Crippen LogP contribution in [0.3, 0.4) is 0 Å². The Morgan fingerprint density at radius 2 is 2.03 bits per heavy atom. The summed E-state index contributed by atoms with van der Waals surface area (Å²) in [7, 11) is 0. The quantitative estimate of drug-likeness (QED) is 0.368. The smallest absolute Gasteiger partial charge is 0.246 e. The molecular weight excluding hydrogens is 432 g/mol. The summed E-state index contributed by atoms with van der Waals surface area (Å²) in [5, 5.41) is 7.44. The Morgan fingerprint density at radius 3 is 2.79 bits per heavy atom. The molecule has 1 amide bonds. The zero-order valence-corrected chi connectivity index (χ0v) is 19.4. The third kappa shape index (κ3) is 5.39. The number of fused-ring (bicyclic) bond motifs is 1. The van der Waals surface area contributed by atoms with Gasteiger partial charge in [-0.05, 0) is 43.4 Å². The Labute approximate surface area is 199 Å². The Hall–Kier alpha value is -3.81. The summed E-state index contributed by atoms with van der Waals surface area (Å²) in [5.74, 6) is 2.29. The minimum absolute atomic E-state index is 0. The van der Waals surface area contributed by atoms with Gasteiger partial charge in [-0.2, -0.15) is 0 Å². The summed E-state index contributed by atoms with van der Waals surface area (Å²) in [6, 6.07) is 17.4. The van der Waals surface area contributed by atoms with Gasteiger partial charge in [0, 0.05) is 20.5 Å². The zero-order chi connectivity index (χ0) is 23.5. The van der Waals surface area contributed by atoms with E-state index in [4.69, 9.17) is 18.9 Å². The van der Waals surface area contributed by atoms with E-state index < -0.39 is 0 Å². The van der Waals surface area contributed by atoms with Gasteiger partial charge in [0.25, 0.3) is 0 Å². The van der Waals surface area contributed by atoms with Gasteiger partial charge in [0.05, 0.1) is 19.2 Å². The van der Waals surface area contributed by atoms with Crippen LogP contribution in [0.15, 0.2) is 59.0 Å². The maximum absolute atomic E-state index is 11.3. The molecule has 2 aromatic carbocycles. The highest BCUT2D eigenvalue weighted by Crippen LogP contribution is 2.32. The van der Waals surface area contributed by atoms with E-state index in [2.05, 4.69) is 10.4 Å². The first-order chi connectivity index (χ1) is 16.5. The van der Waals surface area contributed by atoms with Crippen LogP contribution < -0.4 is 14.8 Å². The molecule has 2 aromatic heterocycles. The Morgan fingerprint density at radius 1 is 1.21 bits per heavy atom. The molecule has 1 atom stereocenters. The number of ether oxygens (including phenoxy) is 2. The first kappa shape index (κ1) is 22.0. The highest BCUT2D eigenvalue weighted by molar-refractivity contribution is 5.77. The van der Waals surface area contributed by atoms with Gasteiger partial charge < -0.3 is 19.2 Å². The number of hydrogen-bond donors (Lipinski definition) is 1. The molecule has 0 spiro atoms. The van der Waals surface area contributed by atoms with E-state index in [-0.39, 0.29) is 13.4 Å². The van der Waals surface area contributed by atoms with Crippen LogP contribution in [0.4, 0.5) is 0 Å². The molecule has 1 aliphatic carbocycles. The largest absolute Gasteiger partial charge is 0.493 e. The number of benzene rings is 2. The molecule has 1 fully saturated rings. The topological polar surface area (TPSA) is 91.4 Å². The summed E-state index contributed by atoms with van der Waals surface area (Å²) in [4.78, 5) is 16.0. The van der Waals surface area contributed by atoms with Gasteiger partial charge in [-0.3, -0.25) is 9.48 Å². The normalized spacial score (nSPS) is 14.2. The summed E-state index contributed by atoms with van der Waals surface area (Å²) < 4.78 is 19.7. The molecular formula is C26H30N4O4. The van der Waals surface area contributed by atoms with Crippen molar-refractivity contribution in [3.8, 4) is 23.2 Å². The summed E-state index contributed by atoms with van der Waals surface area (Å²) >= 11 is 0. The van der Waals surface area contributed by atoms with Crippen molar-refractivity contribution >= 4 is 17.0 Å². The van der Waals surface area contributed by atoms with Crippen LogP contribution in [0, 0.1) is 5.92 Å². The van der Waals surface area contributed by atoms with Crippen LogP contribution in [0.2, 0.25) is 0 Å². The van der Waals surface area contributed by atoms with Gasteiger partial charge in [0.2, 0.25) is 17.7 Å². The molecule has 1 aliphatic rings. The minimum Gasteiger partial charge on any atom is -0.493 e. The number of aromatic nitrogens is 3. The number of nitrogens with one attached hydrogen (secondary N) is 1. The number of carbonyl (C=O) groups excluding carboxylic acids is 1. The van der Waals surface area contributed by atoms with Crippen LogP contribution in [-0.4, -0.2) is 39.9 Å². The lowest BCUT2D eigenvalue weighted by Crippen LogP contribution is -2.35. The molecule has 1 saturated carbocycles. The van der Waals surface area contributed by atoms with Crippen molar-refractivity contribution in [2.75, 3.05) is 13.2 Å². The van der Waals surface area contributed by atoms with Crippen LogP contribution >= 0.6 is 0 Å². The monoisotopic (exact) mass is 462 g/mol. The molecule has 0 saturated heterocycles. The van der Waals surface area contributed by atoms with E-state index in [9.17, 15) is 4.79 Å². The molecule has 4 aromatic rings. The van der Waals surface area contributed by atoms with E-state index >= 15 is 0 Å². The maximum atomic E-state index is 11.3. The standard InChI is InChI=1S/C26H28N4O4.H2/c1-17(27-18(2)31)15-33-25-13-23(30(29-25)14-19-6-4-3-5-7-19)26-28-22-12-21(10-11-24(22)34-26)32-16-20-8-9-20;/h3-7,10-13,17,20H,8-9,14-16H2,1-2H3,(H,27,31);1H/t17-;/m0./s1.